The molecule has 0 spiro atoms. The molecule has 14 heavy (non-hydrogen) atoms. The van der Waals surface area contributed by atoms with E-state index in [1.165, 1.54) is 0 Å². The third-order valence-electron chi connectivity index (χ3n) is 0.966. The molecule has 0 aliphatic rings. The average Bonchev–Trinajstić information content (AvgIpc) is 1.80. The Hall–Kier alpha value is -0.545. The lowest BCUT2D eigenvalue weighted by molar-refractivity contribution is -0.453. The minimum atomic E-state index is -6.62. The van der Waals surface area contributed by atoms with E-state index < -0.39 is 25.5 Å². The van der Waals surface area contributed by atoms with Crippen LogP contribution in [0.4, 0.5) is 30.7 Å². The van der Waals surface area contributed by atoms with Gasteiger partial charge in [-0.05, 0) is 0 Å². The number of alkyl halides is 7. The molecule has 0 saturated carbocycles. The molecule has 0 heterocycles. The predicted molar refractivity (Wildman–Crippen MR) is 22.8 cm³/mol. The molecule has 0 bridgehead atoms. The number of rotatable bonds is 3. The molecule has 0 fully saturated rings. The Labute approximate surface area is 72.3 Å². The number of hydrogen-bond donors (Lipinski definition) is 0. The molecule has 0 saturated heterocycles. The van der Waals surface area contributed by atoms with E-state index in [-0.39, 0.29) is 0 Å². The summed E-state index contributed by atoms with van der Waals surface area (Å²) in [5, 5.41) is 18.7. The van der Waals surface area contributed by atoms with Gasteiger partial charge in [-0.1, -0.05) is 0 Å². The second-order valence-electron chi connectivity index (χ2n) is 2.00. The summed E-state index contributed by atoms with van der Waals surface area (Å²) in [6.45, 7) is 0. The lowest BCUT2D eigenvalue weighted by Crippen LogP contribution is -2.60. The molecule has 0 amide bonds. The van der Waals surface area contributed by atoms with Crippen molar-refractivity contribution < 1.29 is 45.4 Å². The summed E-state index contributed by atoms with van der Waals surface area (Å²) in [6.07, 6.45) is -12.8. The Morgan fingerprint density at radius 2 is 1.21 bits per heavy atom. The molecule has 0 aromatic heterocycles. The van der Waals surface area contributed by atoms with Gasteiger partial charge in [-0.15, -0.1) is 0 Å². The Kier molecular flexibility index (Phi) is 3.41. The van der Waals surface area contributed by atoms with Gasteiger partial charge in [0, 0.05) is 0 Å². The molecule has 84 valence electrons. The summed E-state index contributed by atoms with van der Waals surface area (Å²) >= 11 is 0. The van der Waals surface area contributed by atoms with Crippen molar-refractivity contribution in [3.8, 4) is 0 Å². The standard InChI is InChI=1S/C3BF7O3/c5-1(6,2(7,8)9)3(10,11)14-4(12)13/q-2. The molecule has 0 radical (unpaired) electrons. The Morgan fingerprint density at radius 1 is 0.857 bits per heavy atom. The molecule has 0 unspecified atom stereocenters. The maximum Gasteiger partial charge on any atom is 0.462 e. The van der Waals surface area contributed by atoms with Crippen LogP contribution in [0.25, 0.3) is 0 Å². The molecule has 0 aliphatic heterocycles. The zero-order valence-corrected chi connectivity index (χ0v) is 5.95. The van der Waals surface area contributed by atoms with E-state index in [9.17, 15) is 40.8 Å². The first-order valence-electron chi connectivity index (χ1n) is 2.73. The molecule has 0 aliphatic carbocycles. The van der Waals surface area contributed by atoms with Crippen LogP contribution in [0.3, 0.4) is 0 Å². The monoisotopic (exact) mass is 228 g/mol. The second kappa shape index (κ2) is 3.55. The van der Waals surface area contributed by atoms with Crippen LogP contribution < -0.4 is 10.0 Å². The Balaban J connectivity index is 4.88. The zero-order chi connectivity index (χ0) is 11.8. The molecule has 0 rings (SSSR count). The van der Waals surface area contributed by atoms with Crippen LogP contribution in [0.1, 0.15) is 0 Å². The highest BCUT2D eigenvalue weighted by Gasteiger charge is 2.73. The minimum absolute atomic E-state index is 2.11. The van der Waals surface area contributed by atoms with Gasteiger partial charge in [0.25, 0.3) is 0 Å². The quantitative estimate of drug-likeness (QED) is 0.483. The molecule has 0 atom stereocenters. The van der Waals surface area contributed by atoms with Gasteiger partial charge in [-0.2, -0.15) is 30.7 Å². The highest BCUT2D eigenvalue weighted by molar-refractivity contribution is 6.28. The first-order chi connectivity index (χ1) is 5.92. The zero-order valence-electron chi connectivity index (χ0n) is 5.95. The topological polar surface area (TPSA) is 55.3 Å². The Bertz CT molecular complexity index is 201. The first kappa shape index (κ1) is 13.5. The van der Waals surface area contributed by atoms with Gasteiger partial charge >= 0.3 is 18.2 Å². The Morgan fingerprint density at radius 3 is 1.43 bits per heavy atom. The third kappa shape index (κ3) is 2.48. The van der Waals surface area contributed by atoms with Crippen LogP contribution in [0.2, 0.25) is 0 Å². The third-order valence-corrected chi connectivity index (χ3v) is 0.966. The van der Waals surface area contributed by atoms with Crippen molar-refractivity contribution in [1.82, 2.24) is 0 Å². The maximum absolute atomic E-state index is 11.9. The summed E-state index contributed by atoms with van der Waals surface area (Å²) in [5.41, 5.74) is 0. The minimum Gasteiger partial charge on any atom is -0.870 e. The van der Waals surface area contributed by atoms with E-state index in [1.54, 1.807) is 0 Å². The van der Waals surface area contributed by atoms with E-state index in [0.717, 1.165) is 0 Å². The summed E-state index contributed by atoms with van der Waals surface area (Å²) in [5.74, 6) is -6.59. The maximum atomic E-state index is 11.9. The van der Waals surface area contributed by atoms with Gasteiger partial charge in [0.2, 0.25) is 0 Å². The van der Waals surface area contributed by atoms with Gasteiger partial charge in [0.1, 0.15) is 0 Å². The van der Waals surface area contributed by atoms with Gasteiger partial charge < -0.3 is 14.7 Å². The van der Waals surface area contributed by atoms with Crippen molar-refractivity contribution in [1.29, 1.82) is 0 Å². The summed E-state index contributed by atoms with van der Waals surface area (Å²) in [6, 6.07) is 0. The molecular formula is C3BF7O3-2. The molecular weight excluding hydrogens is 228 g/mol. The van der Waals surface area contributed by atoms with Crippen molar-refractivity contribution in [2.75, 3.05) is 0 Å². The van der Waals surface area contributed by atoms with Crippen molar-refractivity contribution >= 4 is 7.32 Å². The van der Waals surface area contributed by atoms with E-state index in [2.05, 4.69) is 4.65 Å². The van der Waals surface area contributed by atoms with Crippen molar-refractivity contribution in [3.63, 3.8) is 0 Å². The summed E-state index contributed by atoms with van der Waals surface area (Å²) in [4.78, 5) is 0. The van der Waals surface area contributed by atoms with E-state index in [1.807, 2.05) is 0 Å². The predicted octanol–water partition coefficient (Wildman–Crippen LogP) is -0.501. The van der Waals surface area contributed by atoms with Gasteiger partial charge in [-0.25, -0.2) is 0 Å². The summed E-state index contributed by atoms with van der Waals surface area (Å²) < 4.78 is 83.2. The van der Waals surface area contributed by atoms with Crippen molar-refractivity contribution in [2.45, 2.75) is 18.2 Å². The van der Waals surface area contributed by atoms with Crippen LogP contribution in [0, 0.1) is 0 Å². The SMILES string of the molecule is [O-]B([O-])OC(F)(F)C(F)(F)C(F)(F)F. The highest BCUT2D eigenvalue weighted by Crippen LogP contribution is 2.46. The fourth-order valence-corrected chi connectivity index (χ4v) is 0.360. The van der Waals surface area contributed by atoms with E-state index >= 15 is 0 Å². The van der Waals surface area contributed by atoms with E-state index in [4.69, 9.17) is 0 Å². The fourth-order valence-electron chi connectivity index (χ4n) is 0.360. The van der Waals surface area contributed by atoms with Crippen molar-refractivity contribution in [3.05, 3.63) is 0 Å². The van der Waals surface area contributed by atoms with Crippen LogP contribution in [-0.4, -0.2) is 25.5 Å². The molecule has 0 N–H and O–H groups in total. The van der Waals surface area contributed by atoms with Gasteiger partial charge in [-0.3, -0.25) is 0 Å². The number of hydrogen-bond acceptors (Lipinski definition) is 3. The van der Waals surface area contributed by atoms with Crippen LogP contribution in [-0.2, 0) is 4.65 Å². The number of halogens is 7. The lowest BCUT2D eigenvalue weighted by Gasteiger charge is -2.35. The molecule has 11 heteroatoms. The normalized spacial score (nSPS) is 14.4. The van der Waals surface area contributed by atoms with Crippen LogP contribution in [0.5, 0.6) is 0 Å². The van der Waals surface area contributed by atoms with Crippen molar-refractivity contribution in [2.24, 2.45) is 0 Å². The largest absolute Gasteiger partial charge is 0.870 e. The van der Waals surface area contributed by atoms with Crippen LogP contribution >= 0.6 is 0 Å². The lowest BCUT2D eigenvalue weighted by atomic mass is 10.2. The smallest absolute Gasteiger partial charge is 0.462 e. The molecule has 3 nitrogen and oxygen atoms in total. The highest BCUT2D eigenvalue weighted by atomic mass is 19.4. The van der Waals surface area contributed by atoms with Gasteiger partial charge in [0.05, 0.1) is 7.32 Å². The summed E-state index contributed by atoms with van der Waals surface area (Å²) in [7, 11) is -3.95. The molecule has 0 aromatic rings. The van der Waals surface area contributed by atoms with E-state index in [0.29, 0.717) is 0 Å². The second-order valence-corrected chi connectivity index (χ2v) is 2.00. The fraction of sp³-hybridized carbons (Fsp3) is 1.00. The van der Waals surface area contributed by atoms with Gasteiger partial charge in [0.15, 0.2) is 0 Å². The first-order valence-corrected chi connectivity index (χ1v) is 2.73. The van der Waals surface area contributed by atoms with Crippen LogP contribution in [0.15, 0.2) is 0 Å². The average molecular weight is 228 g/mol. The molecule has 0 aromatic carbocycles.